The Morgan fingerprint density at radius 3 is 2.78 bits per heavy atom. The maximum absolute atomic E-state index is 12.3. The van der Waals surface area contributed by atoms with E-state index in [2.05, 4.69) is 24.0 Å². The van der Waals surface area contributed by atoms with E-state index in [1.54, 1.807) is 12.4 Å². The fourth-order valence-corrected chi connectivity index (χ4v) is 3.54. The SMILES string of the molecule is CC(C)CC1COC(=O)N1C1CCN(C(=O)c2cn[nH]c2)CC1. The van der Waals surface area contributed by atoms with Gasteiger partial charge < -0.3 is 9.64 Å². The Bertz CT molecular complexity index is 550. The maximum atomic E-state index is 12.3. The van der Waals surface area contributed by atoms with E-state index in [-0.39, 0.29) is 24.1 Å². The molecule has 2 aliphatic rings. The minimum atomic E-state index is -0.199. The molecule has 1 aromatic rings. The van der Waals surface area contributed by atoms with E-state index in [9.17, 15) is 9.59 Å². The van der Waals surface area contributed by atoms with Gasteiger partial charge in [-0.3, -0.25) is 14.8 Å². The first-order valence-electron chi connectivity index (χ1n) is 8.29. The third-order valence-corrected chi connectivity index (χ3v) is 4.64. The van der Waals surface area contributed by atoms with Crippen LogP contribution in [0, 0.1) is 5.92 Å². The minimum Gasteiger partial charge on any atom is -0.447 e. The number of piperidine rings is 1. The molecule has 3 heterocycles. The van der Waals surface area contributed by atoms with Crippen molar-refractivity contribution < 1.29 is 14.3 Å². The Balaban J connectivity index is 1.59. The normalized spacial score (nSPS) is 22.7. The zero-order valence-corrected chi connectivity index (χ0v) is 13.7. The first-order chi connectivity index (χ1) is 11.1. The molecule has 7 nitrogen and oxygen atoms in total. The molecule has 0 radical (unpaired) electrons. The number of nitrogens with zero attached hydrogens (tertiary/aromatic N) is 3. The Morgan fingerprint density at radius 1 is 1.43 bits per heavy atom. The van der Waals surface area contributed by atoms with Gasteiger partial charge in [0.2, 0.25) is 0 Å². The molecule has 1 atom stereocenters. The fraction of sp³-hybridized carbons (Fsp3) is 0.688. The van der Waals surface area contributed by atoms with E-state index in [1.807, 2.05) is 9.80 Å². The van der Waals surface area contributed by atoms with E-state index < -0.39 is 0 Å². The van der Waals surface area contributed by atoms with Crippen molar-refractivity contribution in [2.75, 3.05) is 19.7 Å². The molecular formula is C16H24N4O3. The molecule has 0 bridgehead atoms. The third-order valence-electron chi connectivity index (χ3n) is 4.64. The number of cyclic esters (lactones) is 1. The van der Waals surface area contributed by atoms with Crippen molar-refractivity contribution in [3.8, 4) is 0 Å². The van der Waals surface area contributed by atoms with Gasteiger partial charge in [0.15, 0.2) is 0 Å². The number of H-pyrrole nitrogens is 1. The van der Waals surface area contributed by atoms with Crippen LogP contribution in [0.2, 0.25) is 0 Å². The molecule has 23 heavy (non-hydrogen) atoms. The van der Waals surface area contributed by atoms with E-state index in [0.717, 1.165) is 19.3 Å². The van der Waals surface area contributed by atoms with Crippen molar-refractivity contribution in [3.63, 3.8) is 0 Å². The van der Waals surface area contributed by atoms with Crippen molar-refractivity contribution in [1.29, 1.82) is 0 Å². The number of rotatable bonds is 4. The summed E-state index contributed by atoms with van der Waals surface area (Å²) in [4.78, 5) is 28.2. The van der Waals surface area contributed by atoms with Crippen LogP contribution in [0.4, 0.5) is 4.79 Å². The van der Waals surface area contributed by atoms with E-state index >= 15 is 0 Å². The van der Waals surface area contributed by atoms with E-state index in [1.165, 1.54) is 0 Å². The maximum Gasteiger partial charge on any atom is 0.410 e. The van der Waals surface area contributed by atoms with Crippen LogP contribution in [0.25, 0.3) is 0 Å². The molecule has 1 N–H and O–H groups in total. The molecule has 2 aliphatic heterocycles. The molecule has 0 aliphatic carbocycles. The molecule has 1 aromatic heterocycles. The average Bonchev–Trinajstić information content (AvgIpc) is 3.17. The lowest BCUT2D eigenvalue weighted by Crippen LogP contribution is -2.50. The number of carbonyl (C=O) groups is 2. The molecule has 7 heteroatoms. The average molecular weight is 320 g/mol. The summed E-state index contributed by atoms with van der Waals surface area (Å²) in [6, 6.07) is 0.339. The van der Waals surface area contributed by atoms with Gasteiger partial charge >= 0.3 is 6.09 Å². The van der Waals surface area contributed by atoms with Gasteiger partial charge in [0, 0.05) is 25.3 Å². The summed E-state index contributed by atoms with van der Waals surface area (Å²) < 4.78 is 5.26. The number of amides is 2. The zero-order valence-electron chi connectivity index (χ0n) is 13.7. The van der Waals surface area contributed by atoms with Gasteiger partial charge in [-0.05, 0) is 25.2 Å². The van der Waals surface area contributed by atoms with Crippen LogP contribution in [0.3, 0.4) is 0 Å². The first kappa shape index (κ1) is 15.8. The van der Waals surface area contributed by atoms with Crippen molar-refractivity contribution in [2.24, 2.45) is 5.92 Å². The van der Waals surface area contributed by atoms with Crippen molar-refractivity contribution >= 4 is 12.0 Å². The van der Waals surface area contributed by atoms with E-state index in [0.29, 0.717) is 31.2 Å². The summed E-state index contributed by atoms with van der Waals surface area (Å²) in [5, 5.41) is 6.49. The highest BCUT2D eigenvalue weighted by atomic mass is 16.6. The Labute approximate surface area is 136 Å². The zero-order chi connectivity index (χ0) is 16.4. The number of aromatic nitrogens is 2. The van der Waals surface area contributed by atoms with Crippen molar-refractivity contribution in [2.45, 2.75) is 45.2 Å². The summed E-state index contributed by atoms with van der Waals surface area (Å²) >= 11 is 0. The first-order valence-corrected chi connectivity index (χ1v) is 8.29. The molecule has 0 spiro atoms. The molecule has 2 amide bonds. The second kappa shape index (κ2) is 6.60. The van der Waals surface area contributed by atoms with Gasteiger partial charge in [0.05, 0.1) is 17.8 Å². The number of ether oxygens (including phenoxy) is 1. The predicted molar refractivity (Wildman–Crippen MR) is 83.9 cm³/mol. The lowest BCUT2D eigenvalue weighted by molar-refractivity contribution is 0.0630. The van der Waals surface area contributed by atoms with Gasteiger partial charge in [0.1, 0.15) is 6.61 Å². The summed E-state index contributed by atoms with van der Waals surface area (Å²) in [7, 11) is 0. The smallest absolute Gasteiger partial charge is 0.410 e. The fourth-order valence-electron chi connectivity index (χ4n) is 3.54. The van der Waals surface area contributed by atoms with Gasteiger partial charge in [-0.15, -0.1) is 0 Å². The largest absolute Gasteiger partial charge is 0.447 e. The number of nitrogens with one attached hydrogen (secondary N) is 1. The summed E-state index contributed by atoms with van der Waals surface area (Å²) in [6.07, 6.45) is 5.52. The number of hydrogen-bond donors (Lipinski definition) is 1. The minimum absolute atomic E-state index is 0.0000658. The van der Waals surface area contributed by atoms with Crippen LogP contribution in [0.15, 0.2) is 12.4 Å². The van der Waals surface area contributed by atoms with Crippen molar-refractivity contribution in [3.05, 3.63) is 18.0 Å². The van der Waals surface area contributed by atoms with Gasteiger partial charge in [-0.25, -0.2) is 4.79 Å². The summed E-state index contributed by atoms with van der Waals surface area (Å²) in [6.45, 7) is 6.13. The molecule has 2 fully saturated rings. The molecule has 3 rings (SSSR count). The lowest BCUT2D eigenvalue weighted by atomic mass is 9.98. The van der Waals surface area contributed by atoms with Crippen LogP contribution in [-0.4, -0.2) is 63.8 Å². The summed E-state index contributed by atoms with van der Waals surface area (Å²) in [5.74, 6) is 0.527. The third kappa shape index (κ3) is 3.33. The highest BCUT2D eigenvalue weighted by Crippen LogP contribution is 2.27. The summed E-state index contributed by atoms with van der Waals surface area (Å²) in [5.41, 5.74) is 0.585. The standard InChI is InChI=1S/C16H24N4O3/c1-11(2)7-14-10-23-16(22)20(14)13-3-5-19(6-4-13)15(21)12-8-17-18-9-12/h8-9,11,13-14H,3-7,10H2,1-2H3,(H,17,18). The second-order valence-electron chi connectivity index (χ2n) is 6.78. The quantitative estimate of drug-likeness (QED) is 0.919. The second-order valence-corrected chi connectivity index (χ2v) is 6.78. The van der Waals surface area contributed by atoms with E-state index in [4.69, 9.17) is 4.74 Å². The molecular weight excluding hydrogens is 296 g/mol. The molecule has 0 saturated carbocycles. The molecule has 126 valence electrons. The monoisotopic (exact) mass is 320 g/mol. The number of carbonyl (C=O) groups excluding carboxylic acids is 2. The van der Waals surface area contributed by atoms with Gasteiger partial charge in [-0.2, -0.15) is 5.10 Å². The van der Waals surface area contributed by atoms with Crippen molar-refractivity contribution in [1.82, 2.24) is 20.0 Å². The van der Waals surface area contributed by atoms with Crippen LogP contribution in [0.5, 0.6) is 0 Å². The highest BCUT2D eigenvalue weighted by molar-refractivity contribution is 5.93. The van der Waals surface area contributed by atoms with Crippen LogP contribution in [0.1, 0.15) is 43.5 Å². The van der Waals surface area contributed by atoms with Gasteiger partial charge in [0.25, 0.3) is 5.91 Å². The Morgan fingerprint density at radius 2 is 2.17 bits per heavy atom. The number of aromatic amines is 1. The van der Waals surface area contributed by atoms with Crippen LogP contribution in [-0.2, 0) is 4.74 Å². The topological polar surface area (TPSA) is 78.5 Å². The highest BCUT2D eigenvalue weighted by Gasteiger charge is 2.39. The van der Waals surface area contributed by atoms with Crippen LogP contribution < -0.4 is 0 Å². The molecule has 2 saturated heterocycles. The Kier molecular flexibility index (Phi) is 4.54. The number of hydrogen-bond acceptors (Lipinski definition) is 4. The molecule has 1 unspecified atom stereocenters. The predicted octanol–water partition coefficient (Wildman–Crippen LogP) is 1.88. The Hall–Kier alpha value is -2.05. The van der Waals surface area contributed by atoms with Crippen LogP contribution >= 0.6 is 0 Å². The lowest BCUT2D eigenvalue weighted by Gasteiger charge is -2.38. The number of likely N-dealkylation sites (tertiary alicyclic amines) is 1. The molecule has 0 aromatic carbocycles. The van der Waals surface area contributed by atoms with Gasteiger partial charge in [-0.1, -0.05) is 13.8 Å².